The molecule has 1 heterocycles. The number of hydrogen-bond donors (Lipinski definition) is 2. The van der Waals surface area contributed by atoms with Crippen LogP contribution in [-0.2, 0) is 6.54 Å². The molecular weight excluding hydrogens is 362 g/mol. The summed E-state index contributed by atoms with van der Waals surface area (Å²) in [6, 6.07) is 21.3. The van der Waals surface area contributed by atoms with Crippen molar-refractivity contribution >= 4 is 18.4 Å². The Labute approximate surface area is 165 Å². The average molecular weight is 386 g/mol. The molecule has 5 heteroatoms. The summed E-state index contributed by atoms with van der Waals surface area (Å²) >= 11 is 0. The summed E-state index contributed by atoms with van der Waals surface area (Å²) in [6.45, 7) is 2.80. The summed E-state index contributed by atoms with van der Waals surface area (Å²) in [4.78, 5) is 11.1. The molecule has 0 fully saturated rings. The lowest BCUT2D eigenvalue weighted by molar-refractivity contribution is 0.0697. The van der Waals surface area contributed by atoms with Crippen LogP contribution in [0.25, 0.3) is 11.3 Å². The molecule has 1 unspecified atom stereocenters. The van der Waals surface area contributed by atoms with Gasteiger partial charge in [0.2, 0.25) is 0 Å². The van der Waals surface area contributed by atoms with Gasteiger partial charge in [-0.05, 0) is 36.2 Å². The number of halogens is 1. The summed E-state index contributed by atoms with van der Waals surface area (Å²) in [5.74, 6) is 0.569. The highest BCUT2D eigenvalue weighted by Crippen LogP contribution is 2.24. The van der Waals surface area contributed by atoms with Crippen molar-refractivity contribution in [1.29, 1.82) is 0 Å². The number of carbonyl (C=O) groups is 1. The predicted molar refractivity (Wildman–Crippen MR) is 109 cm³/mol. The molecule has 27 heavy (non-hydrogen) atoms. The SMILES string of the molecule is CCCC(NCc1ccc(-c2cccc(C(=O)O)c2)o1)c1ccccc1.Cl. The standard InChI is InChI=1S/C22H23NO3.ClH/c1-2-7-20(16-8-4-3-5-9-16)23-15-19-12-13-21(26-19)17-10-6-11-18(14-17)22(24)25;/h3-6,8-14,20,23H,2,7,15H2,1H3,(H,24,25);1H. The molecule has 0 radical (unpaired) electrons. The van der Waals surface area contributed by atoms with E-state index in [-0.39, 0.29) is 24.0 Å². The van der Waals surface area contributed by atoms with Gasteiger partial charge >= 0.3 is 5.97 Å². The minimum absolute atomic E-state index is 0. The van der Waals surface area contributed by atoms with Crippen LogP contribution in [0.3, 0.4) is 0 Å². The molecule has 0 aliphatic rings. The van der Waals surface area contributed by atoms with Crippen molar-refractivity contribution in [2.24, 2.45) is 0 Å². The Hall–Kier alpha value is -2.56. The highest BCUT2D eigenvalue weighted by Gasteiger charge is 2.12. The molecule has 3 aromatic rings. The van der Waals surface area contributed by atoms with Crippen molar-refractivity contribution in [1.82, 2.24) is 5.32 Å². The third-order valence-electron chi connectivity index (χ3n) is 4.36. The predicted octanol–water partition coefficient (Wildman–Crippen LogP) is 5.70. The molecule has 0 aliphatic carbocycles. The molecule has 1 atom stereocenters. The van der Waals surface area contributed by atoms with Crippen LogP contribution in [0.15, 0.2) is 71.1 Å². The van der Waals surface area contributed by atoms with E-state index in [0.717, 1.165) is 24.2 Å². The molecule has 3 rings (SSSR count). The van der Waals surface area contributed by atoms with Crippen molar-refractivity contribution in [3.8, 4) is 11.3 Å². The van der Waals surface area contributed by atoms with E-state index in [0.29, 0.717) is 12.3 Å². The number of aromatic carboxylic acids is 1. The Morgan fingerprint density at radius 2 is 1.85 bits per heavy atom. The van der Waals surface area contributed by atoms with Crippen molar-refractivity contribution in [2.45, 2.75) is 32.4 Å². The second-order valence-electron chi connectivity index (χ2n) is 6.28. The van der Waals surface area contributed by atoms with Gasteiger partial charge in [0, 0.05) is 11.6 Å². The molecule has 0 amide bonds. The average Bonchev–Trinajstić information content (AvgIpc) is 3.15. The normalized spacial score (nSPS) is 11.6. The maximum atomic E-state index is 11.1. The largest absolute Gasteiger partial charge is 0.478 e. The molecule has 2 aromatic carbocycles. The van der Waals surface area contributed by atoms with E-state index in [1.165, 1.54) is 5.56 Å². The minimum Gasteiger partial charge on any atom is -0.478 e. The van der Waals surface area contributed by atoms with E-state index in [1.54, 1.807) is 18.2 Å². The third kappa shape index (κ3) is 5.46. The van der Waals surface area contributed by atoms with Gasteiger partial charge in [-0.25, -0.2) is 4.79 Å². The molecule has 142 valence electrons. The van der Waals surface area contributed by atoms with Crippen molar-refractivity contribution in [3.63, 3.8) is 0 Å². The maximum Gasteiger partial charge on any atom is 0.335 e. The van der Waals surface area contributed by atoms with Crippen LogP contribution in [0.4, 0.5) is 0 Å². The van der Waals surface area contributed by atoms with Gasteiger partial charge in [0.25, 0.3) is 0 Å². The molecule has 0 aliphatic heterocycles. The van der Waals surface area contributed by atoms with Crippen LogP contribution in [-0.4, -0.2) is 11.1 Å². The van der Waals surface area contributed by atoms with Gasteiger partial charge in [0.1, 0.15) is 11.5 Å². The first-order valence-corrected chi connectivity index (χ1v) is 8.88. The first-order valence-electron chi connectivity index (χ1n) is 8.88. The zero-order chi connectivity index (χ0) is 18.4. The molecule has 0 saturated heterocycles. The Bertz CT molecular complexity index is 861. The zero-order valence-corrected chi connectivity index (χ0v) is 16.0. The van der Waals surface area contributed by atoms with Crippen LogP contribution in [0.1, 0.15) is 47.5 Å². The highest BCUT2D eigenvalue weighted by molar-refractivity contribution is 5.89. The molecule has 0 spiro atoms. The number of benzene rings is 2. The van der Waals surface area contributed by atoms with Crippen molar-refractivity contribution < 1.29 is 14.3 Å². The van der Waals surface area contributed by atoms with E-state index >= 15 is 0 Å². The number of carboxylic acid groups (broad SMARTS) is 1. The highest BCUT2D eigenvalue weighted by atomic mass is 35.5. The molecule has 2 N–H and O–H groups in total. The van der Waals surface area contributed by atoms with Crippen molar-refractivity contribution in [3.05, 3.63) is 83.6 Å². The summed E-state index contributed by atoms with van der Waals surface area (Å²) < 4.78 is 5.91. The Morgan fingerprint density at radius 3 is 2.56 bits per heavy atom. The van der Waals surface area contributed by atoms with Gasteiger partial charge in [0.05, 0.1) is 12.1 Å². The number of hydrogen-bond acceptors (Lipinski definition) is 3. The lowest BCUT2D eigenvalue weighted by Gasteiger charge is -2.17. The van der Waals surface area contributed by atoms with E-state index in [2.05, 4.69) is 36.5 Å². The first kappa shape index (κ1) is 20.7. The molecule has 1 aromatic heterocycles. The van der Waals surface area contributed by atoms with E-state index in [1.807, 2.05) is 24.3 Å². The van der Waals surface area contributed by atoms with Crippen LogP contribution < -0.4 is 5.32 Å². The molecule has 0 bridgehead atoms. The van der Waals surface area contributed by atoms with Gasteiger partial charge < -0.3 is 14.8 Å². The van der Waals surface area contributed by atoms with Crippen LogP contribution >= 0.6 is 12.4 Å². The lowest BCUT2D eigenvalue weighted by Crippen LogP contribution is -2.20. The summed E-state index contributed by atoms with van der Waals surface area (Å²) in [7, 11) is 0. The smallest absolute Gasteiger partial charge is 0.335 e. The second-order valence-corrected chi connectivity index (χ2v) is 6.28. The van der Waals surface area contributed by atoms with Crippen LogP contribution in [0, 0.1) is 0 Å². The Kier molecular flexibility index (Phi) is 7.65. The van der Waals surface area contributed by atoms with Gasteiger partial charge in [0.15, 0.2) is 0 Å². The number of furan rings is 1. The maximum absolute atomic E-state index is 11.1. The van der Waals surface area contributed by atoms with Crippen LogP contribution in [0.5, 0.6) is 0 Å². The van der Waals surface area contributed by atoms with Gasteiger partial charge in [-0.15, -0.1) is 12.4 Å². The van der Waals surface area contributed by atoms with E-state index in [4.69, 9.17) is 9.52 Å². The third-order valence-corrected chi connectivity index (χ3v) is 4.36. The fourth-order valence-corrected chi connectivity index (χ4v) is 3.02. The van der Waals surface area contributed by atoms with E-state index in [9.17, 15) is 4.79 Å². The monoisotopic (exact) mass is 385 g/mol. The zero-order valence-electron chi connectivity index (χ0n) is 15.2. The quantitative estimate of drug-likeness (QED) is 0.522. The minimum atomic E-state index is -0.939. The fraction of sp³-hybridized carbons (Fsp3) is 0.227. The molecular formula is C22H24ClNO3. The second kappa shape index (κ2) is 9.95. The number of carboxylic acids is 1. The number of rotatable bonds is 8. The van der Waals surface area contributed by atoms with Crippen molar-refractivity contribution in [2.75, 3.05) is 0 Å². The summed E-state index contributed by atoms with van der Waals surface area (Å²) in [5, 5.41) is 12.7. The topological polar surface area (TPSA) is 62.5 Å². The van der Waals surface area contributed by atoms with Gasteiger partial charge in [-0.2, -0.15) is 0 Å². The lowest BCUT2D eigenvalue weighted by atomic mass is 10.0. The van der Waals surface area contributed by atoms with Gasteiger partial charge in [-0.3, -0.25) is 0 Å². The summed E-state index contributed by atoms with van der Waals surface area (Å²) in [5.41, 5.74) is 2.30. The summed E-state index contributed by atoms with van der Waals surface area (Å²) in [6.07, 6.45) is 2.15. The number of nitrogens with one attached hydrogen (secondary N) is 1. The van der Waals surface area contributed by atoms with Crippen LogP contribution in [0.2, 0.25) is 0 Å². The molecule has 0 saturated carbocycles. The fourth-order valence-electron chi connectivity index (χ4n) is 3.02. The Morgan fingerprint density at radius 1 is 1.07 bits per heavy atom. The van der Waals surface area contributed by atoms with Gasteiger partial charge in [-0.1, -0.05) is 55.8 Å². The van der Waals surface area contributed by atoms with E-state index < -0.39 is 5.97 Å². The first-order chi connectivity index (χ1) is 12.7. The molecule has 4 nitrogen and oxygen atoms in total. The Balaban J connectivity index is 0.00000261.